The van der Waals surface area contributed by atoms with Crippen LogP contribution in [0.3, 0.4) is 0 Å². The molecule has 0 radical (unpaired) electrons. The normalized spacial score (nSPS) is 12.0. The predicted molar refractivity (Wildman–Crippen MR) is 158 cm³/mol. The molecule has 0 amide bonds. The summed E-state index contributed by atoms with van der Waals surface area (Å²) in [6.45, 7) is 7.09. The first-order chi connectivity index (χ1) is 18.2. The Kier molecular flexibility index (Phi) is 17.1. The molecule has 0 saturated carbocycles. The van der Waals surface area contributed by atoms with Crippen molar-refractivity contribution < 1.29 is 0 Å². The van der Waals surface area contributed by atoms with E-state index < -0.39 is 0 Å². The molecule has 0 saturated heterocycles. The summed E-state index contributed by atoms with van der Waals surface area (Å²) >= 11 is 0. The van der Waals surface area contributed by atoms with E-state index in [1.807, 2.05) is 36.4 Å². The zero-order valence-electron chi connectivity index (χ0n) is 22.4. The van der Waals surface area contributed by atoms with E-state index in [0.717, 1.165) is 52.1 Å². The number of unbranched alkanes of at least 4 members (excludes halogenated alkanes) is 4. The third-order valence-corrected chi connectivity index (χ3v) is 5.93. The van der Waals surface area contributed by atoms with Crippen molar-refractivity contribution in [1.29, 1.82) is 0 Å². The van der Waals surface area contributed by atoms with Gasteiger partial charge in [0.2, 0.25) is 0 Å². The first-order valence-corrected chi connectivity index (χ1v) is 13.8. The van der Waals surface area contributed by atoms with E-state index in [1.54, 1.807) is 0 Å². The summed E-state index contributed by atoms with van der Waals surface area (Å²) in [5, 5.41) is 13.4. The van der Waals surface area contributed by atoms with Crippen molar-refractivity contribution in [3.63, 3.8) is 0 Å². The second-order valence-electron chi connectivity index (χ2n) is 9.20. The van der Waals surface area contributed by atoms with Gasteiger partial charge in [-0.3, -0.25) is 0 Å². The van der Waals surface area contributed by atoms with Crippen LogP contribution in [0.5, 0.6) is 0 Å². The van der Waals surface area contributed by atoms with Gasteiger partial charge in [0.1, 0.15) is 0 Å². The Morgan fingerprint density at radius 2 is 0.865 bits per heavy atom. The molecule has 0 aliphatic heterocycles. The molecule has 8 nitrogen and oxygen atoms in total. The molecule has 0 aliphatic rings. The lowest BCUT2D eigenvalue weighted by Crippen LogP contribution is -2.33. The van der Waals surface area contributed by atoms with E-state index in [2.05, 4.69) is 55.5 Å². The Bertz CT molecular complexity index is 783. The zero-order valence-corrected chi connectivity index (χ0v) is 22.4. The van der Waals surface area contributed by atoms with E-state index in [9.17, 15) is 0 Å². The van der Waals surface area contributed by atoms with E-state index in [0.29, 0.717) is 25.0 Å². The molecule has 0 heterocycles. The molecule has 2 aromatic carbocycles. The van der Waals surface area contributed by atoms with E-state index in [4.69, 9.17) is 11.5 Å². The molecule has 37 heavy (non-hydrogen) atoms. The Labute approximate surface area is 223 Å². The average molecular weight is 509 g/mol. The maximum Gasteiger partial charge on any atom is 0.188 e. The summed E-state index contributed by atoms with van der Waals surface area (Å²) in [4.78, 5) is 8.74. The minimum absolute atomic E-state index is 0.517. The minimum Gasteiger partial charge on any atom is -0.370 e. The van der Waals surface area contributed by atoms with Crippen LogP contribution in [0.1, 0.15) is 56.1 Å². The second kappa shape index (κ2) is 21.0. The molecule has 0 fully saturated rings. The highest BCUT2D eigenvalue weighted by molar-refractivity contribution is 5.78. The molecule has 0 aromatic heterocycles. The molecular weight excluding hydrogens is 460 g/mol. The van der Waals surface area contributed by atoms with Gasteiger partial charge in [-0.2, -0.15) is 0 Å². The smallest absolute Gasteiger partial charge is 0.188 e. The van der Waals surface area contributed by atoms with Crippen LogP contribution in [0.2, 0.25) is 0 Å². The van der Waals surface area contributed by atoms with Crippen LogP contribution in [0, 0.1) is 0 Å². The van der Waals surface area contributed by atoms with Crippen molar-refractivity contribution in [1.82, 2.24) is 21.3 Å². The van der Waals surface area contributed by atoms with Crippen molar-refractivity contribution in [2.24, 2.45) is 21.5 Å². The number of nitrogens with one attached hydrogen (secondary N) is 4. The number of hydrogen-bond acceptors (Lipinski definition) is 4. The summed E-state index contributed by atoms with van der Waals surface area (Å²) in [7, 11) is 0. The molecule has 8 N–H and O–H groups in total. The number of aliphatic imine (C=N–C) groups is 2. The maximum absolute atomic E-state index is 5.92. The maximum atomic E-state index is 5.92. The summed E-state index contributed by atoms with van der Waals surface area (Å²) < 4.78 is 0. The van der Waals surface area contributed by atoms with E-state index >= 15 is 0 Å². The van der Waals surface area contributed by atoms with Gasteiger partial charge >= 0.3 is 0 Å². The van der Waals surface area contributed by atoms with E-state index in [-0.39, 0.29) is 0 Å². The molecule has 0 aliphatic carbocycles. The number of nitrogens with zero attached hydrogens (tertiary/aromatic N) is 2. The standard InChI is InChI=1S/C29H48N8/c30-28(36-24-26-14-6-4-7-15-26)34-22-12-20-32-18-10-2-1-3-11-19-33-21-13-23-35-29(31)37-25-27-16-8-5-9-17-27/h4-9,14-17,32-33H,1-3,10-13,18-25H2,(H3,30,34,36)(H3,31,35,37). The number of nitrogens with two attached hydrogens (primary N) is 2. The van der Waals surface area contributed by atoms with Crippen LogP contribution >= 0.6 is 0 Å². The third-order valence-electron chi connectivity index (χ3n) is 5.93. The van der Waals surface area contributed by atoms with Crippen LogP contribution in [0.4, 0.5) is 0 Å². The second-order valence-corrected chi connectivity index (χ2v) is 9.20. The fourth-order valence-electron chi connectivity index (χ4n) is 3.77. The molecule has 0 atom stereocenters. The van der Waals surface area contributed by atoms with Crippen LogP contribution in [0.25, 0.3) is 0 Å². The minimum atomic E-state index is 0.517. The predicted octanol–water partition coefficient (Wildman–Crippen LogP) is 3.11. The molecule has 2 rings (SSSR count). The highest BCUT2D eigenvalue weighted by Gasteiger charge is 1.96. The van der Waals surface area contributed by atoms with Gasteiger partial charge in [-0.25, -0.2) is 9.98 Å². The first kappa shape index (κ1) is 30.1. The Hall–Kier alpha value is -3.10. The van der Waals surface area contributed by atoms with Crippen molar-refractivity contribution in [2.75, 3.05) is 39.3 Å². The topological polar surface area (TPSA) is 125 Å². The first-order valence-electron chi connectivity index (χ1n) is 13.8. The van der Waals surface area contributed by atoms with Gasteiger partial charge < -0.3 is 32.7 Å². The number of benzene rings is 2. The van der Waals surface area contributed by atoms with Gasteiger partial charge in [-0.15, -0.1) is 0 Å². The molecule has 2 aromatic rings. The summed E-state index contributed by atoms with van der Waals surface area (Å²) in [5.74, 6) is 1.03. The highest BCUT2D eigenvalue weighted by Crippen LogP contribution is 2.02. The van der Waals surface area contributed by atoms with Gasteiger partial charge in [0.15, 0.2) is 11.9 Å². The van der Waals surface area contributed by atoms with Gasteiger partial charge in [0.05, 0.1) is 13.1 Å². The lowest BCUT2D eigenvalue weighted by molar-refractivity contribution is 0.547. The monoisotopic (exact) mass is 508 g/mol. The molecule has 0 unspecified atom stereocenters. The van der Waals surface area contributed by atoms with Crippen molar-refractivity contribution in [2.45, 2.75) is 58.0 Å². The zero-order chi connectivity index (χ0) is 26.2. The van der Waals surface area contributed by atoms with Gasteiger partial charge in [-0.05, 0) is 63.0 Å². The Morgan fingerprint density at radius 3 is 1.30 bits per heavy atom. The third kappa shape index (κ3) is 17.1. The van der Waals surface area contributed by atoms with Crippen LogP contribution < -0.4 is 32.7 Å². The van der Waals surface area contributed by atoms with Crippen molar-refractivity contribution >= 4 is 11.9 Å². The molecule has 0 spiro atoms. The Morgan fingerprint density at radius 1 is 0.486 bits per heavy atom. The lowest BCUT2D eigenvalue weighted by Gasteiger charge is -2.08. The van der Waals surface area contributed by atoms with E-state index in [1.165, 1.54) is 43.2 Å². The lowest BCUT2D eigenvalue weighted by atomic mass is 10.1. The van der Waals surface area contributed by atoms with Crippen LogP contribution in [0.15, 0.2) is 70.6 Å². The number of hydrogen-bond donors (Lipinski definition) is 6. The fraction of sp³-hybridized carbons (Fsp3) is 0.517. The van der Waals surface area contributed by atoms with Crippen LogP contribution in [-0.2, 0) is 13.1 Å². The highest BCUT2D eigenvalue weighted by atomic mass is 15.1. The van der Waals surface area contributed by atoms with Crippen LogP contribution in [-0.4, -0.2) is 51.2 Å². The fourth-order valence-corrected chi connectivity index (χ4v) is 3.77. The molecule has 8 heteroatoms. The van der Waals surface area contributed by atoms with Gasteiger partial charge in [-0.1, -0.05) is 79.9 Å². The molecule has 0 bridgehead atoms. The summed E-state index contributed by atoms with van der Waals surface area (Å²) in [5.41, 5.74) is 14.2. The summed E-state index contributed by atoms with van der Waals surface area (Å²) in [6.07, 6.45) is 8.42. The Balaban J connectivity index is 1.28. The van der Waals surface area contributed by atoms with Crippen molar-refractivity contribution in [3.05, 3.63) is 71.8 Å². The summed E-state index contributed by atoms with van der Waals surface area (Å²) in [6, 6.07) is 20.3. The average Bonchev–Trinajstić information content (AvgIpc) is 2.93. The largest absolute Gasteiger partial charge is 0.370 e. The quantitative estimate of drug-likeness (QED) is 0.0928. The SMILES string of the molecule is NC(=NCc1ccccc1)NCCCNCCCCCCCNCCCNC(N)=NCc1ccccc1. The van der Waals surface area contributed by atoms with Crippen molar-refractivity contribution in [3.8, 4) is 0 Å². The van der Waals surface area contributed by atoms with Gasteiger partial charge in [0.25, 0.3) is 0 Å². The number of guanidine groups is 2. The molecular formula is C29H48N8. The number of rotatable bonds is 20. The van der Waals surface area contributed by atoms with Gasteiger partial charge in [0, 0.05) is 13.1 Å². The molecule has 204 valence electrons.